The van der Waals surface area contributed by atoms with Gasteiger partial charge < -0.3 is 14.7 Å². The first-order valence-electron chi connectivity index (χ1n) is 12.6. The molecule has 1 saturated heterocycles. The number of alkyl halides is 2. The van der Waals surface area contributed by atoms with E-state index in [1.54, 1.807) is 18.2 Å². The van der Waals surface area contributed by atoms with E-state index >= 15 is 4.39 Å². The summed E-state index contributed by atoms with van der Waals surface area (Å²) in [6.07, 6.45) is 1.79. The quantitative estimate of drug-likeness (QED) is 0.161. The van der Waals surface area contributed by atoms with Crippen molar-refractivity contribution in [2.45, 2.75) is 43.4 Å². The molecule has 0 aliphatic carbocycles. The predicted molar refractivity (Wildman–Crippen MR) is 138 cm³/mol. The third-order valence-corrected chi connectivity index (χ3v) is 8.46. The van der Waals surface area contributed by atoms with Gasteiger partial charge in [0.15, 0.2) is 11.6 Å². The summed E-state index contributed by atoms with van der Waals surface area (Å²) < 4.78 is 75.4. The normalized spacial score (nSPS) is 16.6. The largest absolute Gasteiger partial charge is 0.497 e. The van der Waals surface area contributed by atoms with Gasteiger partial charge >= 0.3 is 0 Å². The summed E-state index contributed by atoms with van der Waals surface area (Å²) in [6.45, 7) is 0.976. The van der Waals surface area contributed by atoms with Crippen LogP contribution in [-0.2, 0) is 6.67 Å². The fourth-order valence-electron chi connectivity index (χ4n) is 5.07. The van der Waals surface area contributed by atoms with E-state index in [2.05, 4.69) is 9.88 Å². The molecule has 1 unspecified atom stereocenters. The number of piperidine rings is 1. The van der Waals surface area contributed by atoms with Crippen LogP contribution in [0.2, 0.25) is 0 Å². The Balaban J connectivity index is 1.35. The van der Waals surface area contributed by atoms with Gasteiger partial charge in [-0.3, -0.25) is 4.98 Å². The van der Waals surface area contributed by atoms with Gasteiger partial charge in [-0.25, -0.2) is 22.0 Å². The lowest BCUT2D eigenvalue weighted by Crippen LogP contribution is -2.42. The van der Waals surface area contributed by atoms with Crippen LogP contribution in [-0.4, -0.2) is 54.1 Å². The summed E-state index contributed by atoms with van der Waals surface area (Å²) in [5.41, 5.74) is 0.588. The highest BCUT2D eigenvalue weighted by molar-refractivity contribution is 7.99. The van der Waals surface area contributed by atoms with Gasteiger partial charge in [0.2, 0.25) is 0 Å². The van der Waals surface area contributed by atoms with E-state index in [0.717, 1.165) is 17.8 Å². The summed E-state index contributed by atoms with van der Waals surface area (Å²) in [5, 5.41) is 10.7. The van der Waals surface area contributed by atoms with E-state index in [1.165, 1.54) is 13.3 Å². The number of halogens is 5. The standard InChI is InChI=1S/C28H31F5N2O2S/c1-37-20-2-3-24-21(14-20)26(18(15-29)16-34-24)22(31)4-5-28(17-36)6-8-35(9-7-28)10-11-38-25-13-19(30)12-23(32)27(25)33/h2-3,12-14,16,22,36H,4-11,15,17H2,1H3. The molecule has 206 valence electrons. The second-order valence-corrected chi connectivity index (χ2v) is 10.9. The summed E-state index contributed by atoms with van der Waals surface area (Å²) in [7, 11) is 1.51. The number of benzene rings is 2. The molecular formula is C28H31F5N2O2S. The van der Waals surface area contributed by atoms with Gasteiger partial charge in [0, 0.05) is 52.6 Å². The number of aliphatic hydroxyl groups excluding tert-OH is 1. The van der Waals surface area contributed by atoms with Gasteiger partial charge in [-0.15, -0.1) is 11.8 Å². The van der Waals surface area contributed by atoms with Crippen molar-refractivity contribution in [1.29, 1.82) is 0 Å². The van der Waals surface area contributed by atoms with E-state index in [0.29, 0.717) is 67.4 Å². The number of likely N-dealkylation sites (tertiary alicyclic amines) is 1. The Kier molecular flexibility index (Phi) is 9.49. The Morgan fingerprint density at radius 2 is 1.92 bits per heavy atom. The molecule has 1 atom stereocenters. The molecule has 10 heteroatoms. The Morgan fingerprint density at radius 1 is 1.16 bits per heavy atom. The van der Waals surface area contributed by atoms with Crippen LogP contribution >= 0.6 is 11.8 Å². The minimum atomic E-state index is -1.43. The lowest BCUT2D eigenvalue weighted by Gasteiger charge is -2.41. The van der Waals surface area contributed by atoms with Crippen molar-refractivity contribution in [2.75, 3.05) is 39.1 Å². The highest BCUT2D eigenvalue weighted by atomic mass is 32.2. The molecule has 1 fully saturated rings. The minimum absolute atomic E-state index is 0.0629. The molecule has 0 spiro atoms. The fraction of sp³-hybridized carbons (Fsp3) is 0.464. The van der Waals surface area contributed by atoms with E-state index in [-0.39, 0.29) is 29.1 Å². The van der Waals surface area contributed by atoms with E-state index in [9.17, 15) is 22.7 Å². The van der Waals surface area contributed by atoms with Crippen LogP contribution in [0.25, 0.3) is 10.9 Å². The fourth-order valence-corrected chi connectivity index (χ4v) is 6.06. The van der Waals surface area contributed by atoms with Crippen LogP contribution in [0.5, 0.6) is 5.75 Å². The SMILES string of the molecule is COc1ccc2ncc(CF)c(C(F)CCC3(CO)CCN(CCSc4cc(F)cc(F)c4F)CC3)c2c1. The maximum absolute atomic E-state index is 15.7. The van der Waals surface area contributed by atoms with Crippen molar-refractivity contribution in [3.05, 3.63) is 65.1 Å². The number of ether oxygens (including phenoxy) is 1. The molecule has 1 aromatic heterocycles. The predicted octanol–water partition coefficient (Wildman–Crippen LogP) is 6.79. The Bertz CT molecular complexity index is 1250. The number of hydrogen-bond donors (Lipinski definition) is 1. The number of methoxy groups -OCH3 is 1. The first-order valence-corrected chi connectivity index (χ1v) is 13.5. The number of fused-ring (bicyclic) bond motifs is 1. The van der Waals surface area contributed by atoms with E-state index in [4.69, 9.17) is 4.74 Å². The van der Waals surface area contributed by atoms with Crippen molar-refractivity contribution >= 4 is 22.7 Å². The molecule has 0 bridgehead atoms. The van der Waals surface area contributed by atoms with Gasteiger partial charge in [-0.05, 0) is 68.5 Å². The van der Waals surface area contributed by atoms with Crippen LogP contribution < -0.4 is 4.74 Å². The van der Waals surface area contributed by atoms with Gasteiger partial charge in [0.25, 0.3) is 0 Å². The topological polar surface area (TPSA) is 45.6 Å². The van der Waals surface area contributed by atoms with E-state index in [1.807, 2.05) is 0 Å². The molecule has 1 N–H and O–H groups in total. The molecule has 2 heterocycles. The first-order chi connectivity index (χ1) is 18.3. The van der Waals surface area contributed by atoms with Gasteiger partial charge in [-0.2, -0.15) is 0 Å². The van der Waals surface area contributed by atoms with Crippen molar-refractivity contribution in [1.82, 2.24) is 9.88 Å². The zero-order valence-electron chi connectivity index (χ0n) is 21.2. The molecule has 0 saturated carbocycles. The van der Waals surface area contributed by atoms with Crippen molar-refractivity contribution < 1.29 is 31.8 Å². The Labute approximate surface area is 223 Å². The lowest BCUT2D eigenvalue weighted by atomic mass is 9.74. The van der Waals surface area contributed by atoms with Crippen LogP contribution in [0, 0.1) is 22.9 Å². The van der Waals surface area contributed by atoms with Gasteiger partial charge in [-0.1, -0.05) is 0 Å². The number of aliphatic hydroxyl groups is 1. The van der Waals surface area contributed by atoms with Crippen molar-refractivity contribution in [2.24, 2.45) is 5.41 Å². The average molecular weight is 555 g/mol. The molecule has 0 amide bonds. The molecule has 1 aliphatic rings. The molecule has 1 aliphatic heterocycles. The van der Waals surface area contributed by atoms with Crippen LogP contribution in [0.1, 0.15) is 43.0 Å². The maximum atomic E-state index is 15.7. The summed E-state index contributed by atoms with van der Waals surface area (Å²) in [5.74, 6) is -2.09. The Hall–Kier alpha value is -2.43. The van der Waals surface area contributed by atoms with Gasteiger partial charge in [0.1, 0.15) is 24.4 Å². The zero-order valence-corrected chi connectivity index (χ0v) is 22.0. The lowest BCUT2D eigenvalue weighted by molar-refractivity contribution is 0.0322. The van der Waals surface area contributed by atoms with Crippen LogP contribution in [0.3, 0.4) is 0 Å². The summed E-state index contributed by atoms with van der Waals surface area (Å²) in [4.78, 5) is 6.33. The maximum Gasteiger partial charge on any atom is 0.172 e. The number of rotatable bonds is 11. The molecule has 4 rings (SSSR count). The zero-order chi connectivity index (χ0) is 27.3. The van der Waals surface area contributed by atoms with Crippen molar-refractivity contribution in [3.63, 3.8) is 0 Å². The molecule has 0 radical (unpaired) electrons. The number of pyridine rings is 1. The molecular weight excluding hydrogens is 523 g/mol. The monoisotopic (exact) mass is 554 g/mol. The number of hydrogen-bond acceptors (Lipinski definition) is 5. The average Bonchev–Trinajstić information content (AvgIpc) is 2.94. The van der Waals surface area contributed by atoms with Gasteiger partial charge in [0.05, 0.1) is 12.6 Å². The molecule has 4 nitrogen and oxygen atoms in total. The third-order valence-electron chi connectivity index (χ3n) is 7.46. The van der Waals surface area contributed by atoms with Crippen molar-refractivity contribution in [3.8, 4) is 5.75 Å². The molecule has 2 aromatic carbocycles. The smallest absolute Gasteiger partial charge is 0.172 e. The van der Waals surface area contributed by atoms with E-state index < -0.39 is 35.7 Å². The molecule has 3 aromatic rings. The minimum Gasteiger partial charge on any atom is -0.497 e. The van der Waals surface area contributed by atoms with Crippen LogP contribution in [0.15, 0.2) is 41.4 Å². The second kappa shape index (κ2) is 12.6. The third kappa shape index (κ3) is 6.40. The highest BCUT2D eigenvalue weighted by Crippen LogP contribution is 2.41. The highest BCUT2D eigenvalue weighted by Gasteiger charge is 2.35. The number of nitrogens with zero attached hydrogens (tertiary/aromatic N) is 2. The summed E-state index contributed by atoms with van der Waals surface area (Å²) in [6, 6.07) is 6.62. The summed E-state index contributed by atoms with van der Waals surface area (Å²) >= 11 is 1.05. The second-order valence-electron chi connectivity index (χ2n) is 9.77. The first kappa shape index (κ1) is 28.6. The molecule has 38 heavy (non-hydrogen) atoms. The number of thioether (sulfide) groups is 1. The number of aromatic nitrogens is 1. The van der Waals surface area contributed by atoms with Crippen LogP contribution in [0.4, 0.5) is 22.0 Å². The Morgan fingerprint density at radius 3 is 2.61 bits per heavy atom.